The number of nitrogens with zero attached hydrogens (tertiary/aromatic N) is 1. The monoisotopic (exact) mass is 237 g/mol. The van der Waals surface area contributed by atoms with Crippen molar-refractivity contribution in [3.63, 3.8) is 0 Å². The number of thioether (sulfide) groups is 1. The van der Waals surface area contributed by atoms with Crippen LogP contribution in [0.3, 0.4) is 0 Å². The first-order valence-electron chi connectivity index (χ1n) is 5.11. The van der Waals surface area contributed by atoms with Crippen molar-refractivity contribution in [1.29, 1.82) is 0 Å². The maximum atomic E-state index is 5.78. The summed E-state index contributed by atoms with van der Waals surface area (Å²) in [7, 11) is 0. The number of aryl methyl sites for hydroxylation is 1. The van der Waals surface area contributed by atoms with Crippen molar-refractivity contribution in [2.45, 2.75) is 19.4 Å². The first-order chi connectivity index (χ1) is 7.69. The average molecular weight is 237 g/mol. The molecule has 4 nitrogen and oxygen atoms in total. The first kappa shape index (κ1) is 11.1. The molecular formula is C11H15N3OS. The second-order valence-corrected chi connectivity index (χ2v) is 4.87. The van der Waals surface area contributed by atoms with E-state index in [1.165, 1.54) is 22.9 Å². The number of benzene rings is 1. The van der Waals surface area contributed by atoms with Gasteiger partial charge < -0.3 is 16.3 Å². The summed E-state index contributed by atoms with van der Waals surface area (Å²) in [6, 6.07) is 6.25. The van der Waals surface area contributed by atoms with Gasteiger partial charge in [0.15, 0.2) is 5.17 Å². The molecule has 0 bridgehead atoms. The minimum atomic E-state index is 0.169. The molecule has 1 aromatic rings. The topological polar surface area (TPSA) is 73.6 Å². The molecule has 16 heavy (non-hydrogen) atoms. The summed E-state index contributed by atoms with van der Waals surface area (Å²) in [4.78, 5) is 0. The van der Waals surface area contributed by atoms with Gasteiger partial charge in [0.05, 0.1) is 0 Å². The van der Waals surface area contributed by atoms with Crippen LogP contribution in [-0.2, 0) is 6.42 Å². The van der Waals surface area contributed by atoms with Crippen molar-refractivity contribution in [3.05, 3.63) is 29.3 Å². The second-order valence-electron chi connectivity index (χ2n) is 3.83. The molecule has 1 aliphatic rings. The Morgan fingerprint density at radius 1 is 1.62 bits per heavy atom. The molecule has 0 saturated heterocycles. The van der Waals surface area contributed by atoms with Crippen molar-refractivity contribution in [3.8, 4) is 5.75 Å². The fraction of sp³-hybridized carbons (Fsp3) is 0.364. The van der Waals surface area contributed by atoms with Crippen LogP contribution in [0.15, 0.2) is 23.3 Å². The lowest BCUT2D eigenvalue weighted by atomic mass is 10.1. The standard InChI is InChI=1S/C11H15N3OS/c1-7-2-3-10-8(4-7)5-9(15-10)6-16-11(12)14-13/h2-4,9H,5-6,13H2,1H3,(H2,12,14). The molecule has 0 aliphatic carbocycles. The normalized spacial score (nSPS) is 19.3. The Labute approximate surface area is 99.0 Å². The predicted octanol–water partition coefficient (Wildman–Crippen LogP) is 1.22. The number of fused-ring (bicyclic) bond motifs is 1. The van der Waals surface area contributed by atoms with E-state index in [1.807, 2.05) is 6.07 Å². The van der Waals surface area contributed by atoms with Gasteiger partial charge in [-0.15, -0.1) is 0 Å². The van der Waals surface area contributed by atoms with Crippen LogP contribution in [0.2, 0.25) is 0 Å². The van der Waals surface area contributed by atoms with E-state index in [4.69, 9.17) is 16.3 Å². The minimum Gasteiger partial charge on any atom is -0.489 e. The van der Waals surface area contributed by atoms with Crippen LogP contribution in [0, 0.1) is 6.92 Å². The molecule has 1 aliphatic heterocycles. The molecule has 1 aromatic carbocycles. The Morgan fingerprint density at radius 3 is 3.19 bits per heavy atom. The first-order valence-corrected chi connectivity index (χ1v) is 6.10. The number of nitrogens with two attached hydrogens (primary N) is 2. The molecular weight excluding hydrogens is 222 g/mol. The molecule has 0 fully saturated rings. The van der Waals surface area contributed by atoms with Gasteiger partial charge in [-0.3, -0.25) is 0 Å². The quantitative estimate of drug-likeness (QED) is 0.351. The second kappa shape index (κ2) is 4.65. The van der Waals surface area contributed by atoms with Crippen molar-refractivity contribution in [1.82, 2.24) is 0 Å². The third-order valence-electron chi connectivity index (χ3n) is 2.50. The van der Waals surface area contributed by atoms with Crippen LogP contribution < -0.4 is 16.3 Å². The van der Waals surface area contributed by atoms with Gasteiger partial charge >= 0.3 is 0 Å². The summed E-state index contributed by atoms with van der Waals surface area (Å²) in [5.41, 5.74) is 8.05. The number of amidine groups is 1. The predicted molar refractivity (Wildman–Crippen MR) is 67.6 cm³/mol. The molecule has 0 spiro atoms. The van der Waals surface area contributed by atoms with Gasteiger partial charge in [-0.2, -0.15) is 5.10 Å². The molecule has 1 atom stereocenters. The number of rotatable bonds is 2. The van der Waals surface area contributed by atoms with Gasteiger partial charge in [0.1, 0.15) is 11.9 Å². The van der Waals surface area contributed by atoms with Gasteiger partial charge in [-0.1, -0.05) is 29.5 Å². The Hall–Kier alpha value is -1.36. The lowest BCUT2D eigenvalue weighted by Gasteiger charge is -2.08. The minimum absolute atomic E-state index is 0.169. The fourth-order valence-electron chi connectivity index (χ4n) is 1.76. The van der Waals surface area contributed by atoms with Crippen LogP contribution in [0.1, 0.15) is 11.1 Å². The molecule has 86 valence electrons. The lowest BCUT2D eigenvalue weighted by Crippen LogP contribution is -2.20. The van der Waals surface area contributed by atoms with Crippen LogP contribution in [0.4, 0.5) is 0 Å². The molecule has 5 heteroatoms. The van der Waals surface area contributed by atoms with E-state index in [-0.39, 0.29) is 6.10 Å². The third-order valence-corrected chi connectivity index (χ3v) is 3.44. The maximum Gasteiger partial charge on any atom is 0.177 e. The Morgan fingerprint density at radius 2 is 2.44 bits per heavy atom. The van der Waals surface area contributed by atoms with E-state index < -0.39 is 0 Å². The molecule has 0 saturated carbocycles. The van der Waals surface area contributed by atoms with Crippen LogP contribution in [-0.4, -0.2) is 17.0 Å². The summed E-state index contributed by atoms with van der Waals surface area (Å²) in [5.74, 6) is 6.83. The highest BCUT2D eigenvalue weighted by Crippen LogP contribution is 2.30. The summed E-state index contributed by atoms with van der Waals surface area (Å²) in [5, 5.41) is 3.81. The zero-order valence-electron chi connectivity index (χ0n) is 9.14. The molecule has 2 rings (SSSR count). The van der Waals surface area contributed by atoms with Gasteiger partial charge in [-0.05, 0) is 18.6 Å². The highest BCUT2D eigenvalue weighted by atomic mass is 32.2. The van der Waals surface area contributed by atoms with E-state index in [0.29, 0.717) is 5.17 Å². The van der Waals surface area contributed by atoms with E-state index in [0.717, 1.165) is 17.9 Å². The van der Waals surface area contributed by atoms with E-state index in [2.05, 4.69) is 24.2 Å². The van der Waals surface area contributed by atoms with Crippen molar-refractivity contribution >= 4 is 16.9 Å². The third kappa shape index (κ3) is 2.41. The molecule has 1 heterocycles. The molecule has 1 unspecified atom stereocenters. The van der Waals surface area contributed by atoms with Crippen molar-refractivity contribution in [2.24, 2.45) is 16.7 Å². The molecule has 4 N–H and O–H groups in total. The summed E-state index contributed by atoms with van der Waals surface area (Å²) in [6.07, 6.45) is 1.10. The van der Waals surface area contributed by atoms with Gasteiger partial charge in [0.2, 0.25) is 0 Å². The highest BCUT2D eigenvalue weighted by molar-refractivity contribution is 8.13. The van der Waals surface area contributed by atoms with E-state index in [9.17, 15) is 0 Å². The molecule has 0 radical (unpaired) electrons. The SMILES string of the molecule is Cc1ccc2c(c1)CC(CSC(N)=NN)O2. The highest BCUT2D eigenvalue weighted by Gasteiger charge is 2.22. The lowest BCUT2D eigenvalue weighted by molar-refractivity contribution is 0.259. The zero-order valence-corrected chi connectivity index (χ0v) is 9.96. The smallest absolute Gasteiger partial charge is 0.177 e. The largest absolute Gasteiger partial charge is 0.489 e. The van der Waals surface area contributed by atoms with Crippen LogP contribution >= 0.6 is 11.8 Å². The molecule has 0 amide bonds. The van der Waals surface area contributed by atoms with Gasteiger partial charge in [0, 0.05) is 12.2 Å². The number of hydrazone groups is 1. The summed E-state index contributed by atoms with van der Waals surface area (Å²) >= 11 is 1.43. The number of hydrogen-bond donors (Lipinski definition) is 2. The average Bonchev–Trinajstić information content (AvgIpc) is 2.67. The van der Waals surface area contributed by atoms with Crippen molar-refractivity contribution < 1.29 is 4.74 Å². The Bertz CT molecular complexity index is 420. The number of hydrogen-bond acceptors (Lipinski definition) is 4. The summed E-state index contributed by atoms with van der Waals surface area (Å²) in [6.45, 7) is 2.08. The van der Waals surface area contributed by atoms with Crippen LogP contribution in [0.25, 0.3) is 0 Å². The van der Waals surface area contributed by atoms with Gasteiger partial charge in [-0.25, -0.2) is 0 Å². The number of ether oxygens (including phenoxy) is 1. The van der Waals surface area contributed by atoms with E-state index in [1.54, 1.807) is 0 Å². The molecule has 0 aromatic heterocycles. The van der Waals surface area contributed by atoms with Gasteiger partial charge in [0.25, 0.3) is 0 Å². The summed E-state index contributed by atoms with van der Waals surface area (Å²) < 4.78 is 5.78. The van der Waals surface area contributed by atoms with Crippen LogP contribution in [0.5, 0.6) is 5.75 Å². The Balaban J connectivity index is 1.95. The van der Waals surface area contributed by atoms with Crippen molar-refractivity contribution in [2.75, 3.05) is 5.75 Å². The zero-order chi connectivity index (χ0) is 11.5. The van der Waals surface area contributed by atoms with E-state index >= 15 is 0 Å². The Kier molecular flexibility index (Phi) is 3.24. The fourth-order valence-corrected chi connectivity index (χ4v) is 2.37. The maximum absolute atomic E-state index is 5.78.